The predicted molar refractivity (Wildman–Crippen MR) is 190 cm³/mol. The van der Waals surface area contributed by atoms with E-state index in [4.69, 9.17) is 10.8 Å². The zero-order chi connectivity index (χ0) is 31.6. The molecule has 0 spiro atoms. The second-order valence-electron chi connectivity index (χ2n) is 12.9. The molecule has 0 saturated heterocycles. The summed E-state index contributed by atoms with van der Waals surface area (Å²) in [5.41, 5.74) is 9.07. The second-order valence-corrected chi connectivity index (χ2v) is 12.9. The summed E-state index contributed by atoms with van der Waals surface area (Å²) in [5, 5.41) is 15.0. The average Bonchev–Trinajstić information content (AvgIpc) is 3.70. The van der Waals surface area contributed by atoms with Crippen LogP contribution in [0.3, 0.4) is 0 Å². The Balaban J connectivity index is 1.21. The van der Waals surface area contributed by atoms with E-state index in [1.165, 1.54) is 16.3 Å². The number of allylic oxidation sites excluding steroid dienone is 1. The third-order valence-corrected chi connectivity index (χ3v) is 9.10. The molecule has 4 heteroatoms. The number of nitrogens with zero attached hydrogens (tertiary/aromatic N) is 3. The van der Waals surface area contributed by atoms with Crippen LogP contribution in [-0.4, -0.2) is 9.13 Å². The van der Waals surface area contributed by atoms with Crippen LogP contribution in [0.5, 0.6) is 0 Å². The lowest BCUT2D eigenvalue weighted by molar-refractivity contribution is 0.591. The molecule has 8 aromatic rings. The highest BCUT2D eigenvalue weighted by molar-refractivity contribution is 6.10. The van der Waals surface area contributed by atoms with E-state index in [1.54, 1.807) is 0 Å². The van der Waals surface area contributed by atoms with Gasteiger partial charge in [-0.2, -0.15) is 5.26 Å². The van der Waals surface area contributed by atoms with Gasteiger partial charge in [0.1, 0.15) is 11.3 Å². The number of fused-ring (bicyclic) bond motifs is 7. The first kappa shape index (κ1) is 27.6. The van der Waals surface area contributed by atoms with Crippen molar-refractivity contribution in [3.05, 3.63) is 132 Å². The largest absolute Gasteiger partial charge is 0.455 e. The Morgan fingerprint density at radius 3 is 2.17 bits per heavy atom. The van der Waals surface area contributed by atoms with E-state index in [0.29, 0.717) is 17.9 Å². The lowest BCUT2D eigenvalue weighted by Gasteiger charge is -2.19. The van der Waals surface area contributed by atoms with Gasteiger partial charge < -0.3 is 13.6 Å². The molecule has 0 N–H and O–H groups in total. The smallest absolute Gasteiger partial charge is 0.143 e. The number of rotatable bonds is 4. The van der Waals surface area contributed by atoms with Crippen LogP contribution in [0.15, 0.2) is 114 Å². The number of hydrogen-bond donors (Lipinski definition) is 0. The third-order valence-electron chi connectivity index (χ3n) is 9.10. The van der Waals surface area contributed by atoms with Gasteiger partial charge in [0.25, 0.3) is 0 Å². The quantitative estimate of drug-likeness (QED) is 0.191. The Hall–Kier alpha value is -5.97. The number of para-hydroxylation sites is 2. The number of furan rings is 1. The van der Waals surface area contributed by atoms with Crippen molar-refractivity contribution in [3.8, 4) is 24.1 Å². The fraction of sp³-hybridized carbons (Fsp3) is 0.119. The normalized spacial score (nSPS) is 12.2. The van der Waals surface area contributed by atoms with E-state index in [9.17, 15) is 5.26 Å². The molecule has 0 atom stereocenters. The van der Waals surface area contributed by atoms with Gasteiger partial charge >= 0.3 is 0 Å². The third kappa shape index (κ3) is 4.23. The number of nitriles is 1. The zero-order valence-electron chi connectivity index (χ0n) is 26.0. The summed E-state index contributed by atoms with van der Waals surface area (Å²) in [4.78, 5) is 0. The number of benzene rings is 5. The van der Waals surface area contributed by atoms with Crippen LogP contribution >= 0.6 is 0 Å². The van der Waals surface area contributed by atoms with E-state index in [2.05, 4.69) is 115 Å². The van der Waals surface area contributed by atoms with Crippen molar-refractivity contribution in [2.75, 3.05) is 0 Å². The first-order chi connectivity index (χ1) is 22.4. The Morgan fingerprint density at radius 1 is 0.739 bits per heavy atom. The van der Waals surface area contributed by atoms with Crippen molar-refractivity contribution >= 4 is 60.7 Å². The molecule has 3 aromatic heterocycles. The molecule has 5 aromatic carbocycles. The minimum atomic E-state index is 0.0567. The van der Waals surface area contributed by atoms with Crippen molar-refractivity contribution in [1.29, 1.82) is 5.26 Å². The maximum absolute atomic E-state index is 9.46. The molecule has 0 unspecified atom stereocenters. The van der Waals surface area contributed by atoms with Crippen LogP contribution in [0.25, 0.3) is 66.3 Å². The van der Waals surface area contributed by atoms with Gasteiger partial charge in [0.15, 0.2) is 0 Å². The van der Waals surface area contributed by atoms with Crippen molar-refractivity contribution in [2.45, 2.75) is 32.7 Å². The van der Waals surface area contributed by atoms with E-state index in [-0.39, 0.29) is 5.41 Å². The molecule has 0 fully saturated rings. The van der Waals surface area contributed by atoms with Crippen LogP contribution in [0.1, 0.15) is 43.2 Å². The van der Waals surface area contributed by atoms with Crippen LogP contribution in [0.4, 0.5) is 0 Å². The molecule has 0 aliphatic rings. The summed E-state index contributed by atoms with van der Waals surface area (Å²) in [5.74, 6) is 3.58. The average molecular weight is 594 g/mol. The molecule has 46 heavy (non-hydrogen) atoms. The summed E-state index contributed by atoms with van der Waals surface area (Å²) in [6.45, 7) is 7.38. The summed E-state index contributed by atoms with van der Waals surface area (Å²) in [7, 11) is 0. The van der Waals surface area contributed by atoms with E-state index >= 15 is 0 Å². The van der Waals surface area contributed by atoms with Crippen LogP contribution in [-0.2, 0) is 12.0 Å². The molecule has 8 rings (SSSR count). The van der Waals surface area contributed by atoms with Crippen LogP contribution < -0.4 is 0 Å². The van der Waals surface area contributed by atoms with E-state index in [0.717, 1.165) is 55.1 Å². The Kier molecular flexibility index (Phi) is 6.17. The lowest BCUT2D eigenvalue weighted by Crippen LogP contribution is -2.10. The summed E-state index contributed by atoms with van der Waals surface area (Å²) >= 11 is 0. The molecule has 4 nitrogen and oxygen atoms in total. The summed E-state index contributed by atoms with van der Waals surface area (Å²) in [6, 6.07) is 38.1. The molecular formula is C42H31N3O. The van der Waals surface area contributed by atoms with Crippen molar-refractivity contribution in [2.24, 2.45) is 0 Å². The lowest BCUT2D eigenvalue weighted by atomic mass is 9.86. The van der Waals surface area contributed by atoms with Gasteiger partial charge in [0, 0.05) is 50.2 Å². The van der Waals surface area contributed by atoms with Crippen LogP contribution in [0.2, 0.25) is 0 Å². The van der Waals surface area contributed by atoms with Crippen LogP contribution in [0, 0.1) is 23.7 Å². The van der Waals surface area contributed by atoms with Crippen molar-refractivity contribution in [1.82, 2.24) is 9.13 Å². The monoisotopic (exact) mass is 593 g/mol. The van der Waals surface area contributed by atoms with Gasteiger partial charge in [-0.05, 0) is 77.7 Å². The SMILES string of the molecule is C#Cc1c(/C=C\Cn2c3ccccc3c3cc(C#N)ccc32)oc2ccc(-n3c4ccccc4c4cc(C(C)(C)C)ccc43)cc12. The molecule has 0 radical (unpaired) electrons. The highest BCUT2D eigenvalue weighted by Gasteiger charge is 2.19. The standard InChI is InChI=1S/C42H31N3O/c1-5-30-35-25-29(45-38-14-9-7-12-32(38)34-24-28(42(2,3)4)17-20-39(34)45)18-21-41(35)46-40(30)15-10-22-44-36-13-8-6-11-31(36)33-23-27(26-43)16-19-37(33)44/h1,6-21,23-25H,22H2,2-4H3/b15-10-. The fourth-order valence-corrected chi connectivity index (χ4v) is 6.81. The Morgan fingerprint density at radius 2 is 1.41 bits per heavy atom. The van der Waals surface area contributed by atoms with Gasteiger partial charge in [-0.25, -0.2) is 0 Å². The fourth-order valence-electron chi connectivity index (χ4n) is 6.81. The van der Waals surface area contributed by atoms with Crippen molar-refractivity contribution < 1.29 is 4.42 Å². The maximum Gasteiger partial charge on any atom is 0.143 e. The minimum Gasteiger partial charge on any atom is -0.455 e. The van der Waals surface area contributed by atoms with Gasteiger partial charge in [0.05, 0.1) is 28.2 Å². The topological polar surface area (TPSA) is 46.8 Å². The zero-order valence-corrected chi connectivity index (χ0v) is 26.0. The molecule has 220 valence electrons. The number of hydrogen-bond acceptors (Lipinski definition) is 2. The summed E-state index contributed by atoms with van der Waals surface area (Å²) < 4.78 is 10.9. The molecule has 0 aliphatic heterocycles. The molecule has 3 heterocycles. The first-order valence-corrected chi connectivity index (χ1v) is 15.5. The summed E-state index contributed by atoms with van der Waals surface area (Å²) in [6.07, 6.45) is 10.2. The first-order valence-electron chi connectivity index (χ1n) is 15.5. The Labute approximate surface area is 267 Å². The molecule has 0 aliphatic carbocycles. The molecular weight excluding hydrogens is 562 g/mol. The highest BCUT2D eigenvalue weighted by Crippen LogP contribution is 2.37. The molecule has 0 amide bonds. The minimum absolute atomic E-state index is 0.0567. The molecule has 0 saturated carbocycles. The number of aromatic nitrogens is 2. The maximum atomic E-state index is 9.46. The van der Waals surface area contributed by atoms with Gasteiger partial charge in [-0.1, -0.05) is 75.2 Å². The van der Waals surface area contributed by atoms with Crippen molar-refractivity contribution in [3.63, 3.8) is 0 Å². The van der Waals surface area contributed by atoms with E-state index < -0.39 is 0 Å². The number of terminal acetylenes is 1. The Bertz CT molecular complexity index is 2620. The molecule has 0 bridgehead atoms. The van der Waals surface area contributed by atoms with Gasteiger partial charge in [-0.15, -0.1) is 6.42 Å². The highest BCUT2D eigenvalue weighted by atomic mass is 16.3. The second kappa shape index (κ2) is 10.3. The van der Waals surface area contributed by atoms with E-state index in [1.807, 2.05) is 42.5 Å². The van der Waals surface area contributed by atoms with Gasteiger partial charge in [-0.3, -0.25) is 0 Å². The van der Waals surface area contributed by atoms with Gasteiger partial charge in [0.2, 0.25) is 0 Å². The predicted octanol–water partition coefficient (Wildman–Crippen LogP) is 10.5.